The van der Waals surface area contributed by atoms with Gasteiger partial charge in [0.05, 0.1) is 5.92 Å². The lowest BCUT2D eigenvalue weighted by Crippen LogP contribution is -2.13. The zero-order valence-corrected chi connectivity index (χ0v) is 23.3. The summed E-state index contributed by atoms with van der Waals surface area (Å²) < 4.78 is 0. The highest BCUT2D eigenvalue weighted by molar-refractivity contribution is 5.69. The number of carboxylic acid groups (broad SMARTS) is 2. The van der Waals surface area contributed by atoms with Gasteiger partial charge in [-0.3, -0.25) is 9.59 Å². The molecule has 0 aromatic rings. The summed E-state index contributed by atoms with van der Waals surface area (Å²) in [4.78, 5) is 20.5. The highest BCUT2D eigenvalue weighted by atomic mass is 16.4. The normalized spacial score (nSPS) is 11.6. The van der Waals surface area contributed by atoms with E-state index in [1.54, 1.807) is 0 Å². The van der Waals surface area contributed by atoms with E-state index in [9.17, 15) is 9.90 Å². The Morgan fingerprint density at radius 2 is 0.676 bits per heavy atom. The van der Waals surface area contributed by atoms with Crippen molar-refractivity contribution in [1.29, 1.82) is 0 Å². The predicted molar refractivity (Wildman–Crippen MR) is 147 cm³/mol. The number of unbranched alkanes of at least 4 members (excludes halogenated alkanes) is 20. The molecule has 0 aliphatic rings. The van der Waals surface area contributed by atoms with Gasteiger partial charge in [0, 0.05) is 6.92 Å². The molecule has 1 atom stereocenters. The molecule has 4 heteroatoms. The maximum absolute atomic E-state index is 11.5. The first kappa shape index (κ1) is 35.1. The first-order chi connectivity index (χ1) is 16.5. The van der Waals surface area contributed by atoms with Gasteiger partial charge in [-0.2, -0.15) is 0 Å². The van der Waals surface area contributed by atoms with Crippen molar-refractivity contribution in [2.45, 2.75) is 175 Å². The molecule has 0 fully saturated rings. The number of carbonyl (C=O) groups is 2. The van der Waals surface area contributed by atoms with Crippen LogP contribution in [0.15, 0.2) is 0 Å². The first-order valence-corrected chi connectivity index (χ1v) is 14.9. The summed E-state index contributed by atoms with van der Waals surface area (Å²) in [6, 6.07) is 0. The lowest BCUT2D eigenvalue weighted by molar-refractivity contribution is -0.142. The van der Waals surface area contributed by atoms with Crippen LogP contribution in [0.4, 0.5) is 0 Å². The highest BCUT2D eigenvalue weighted by Crippen LogP contribution is 2.20. The molecule has 2 N–H and O–H groups in total. The number of hydrogen-bond donors (Lipinski definition) is 2. The number of rotatable bonds is 25. The van der Waals surface area contributed by atoms with Crippen LogP contribution in [-0.2, 0) is 9.59 Å². The van der Waals surface area contributed by atoms with Gasteiger partial charge in [-0.1, -0.05) is 155 Å². The van der Waals surface area contributed by atoms with Crippen LogP contribution < -0.4 is 0 Å². The van der Waals surface area contributed by atoms with Crippen LogP contribution in [0.3, 0.4) is 0 Å². The summed E-state index contributed by atoms with van der Waals surface area (Å²) in [6.07, 6.45) is 31.1. The van der Waals surface area contributed by atoms with Crippen LogP contribution >= 0.6 is 0 Å². The second-order valence-electron chi connectivity index (χ2n) is 10.2. The van der Waals surface area contributed by atoms with Gasteiger partial charge in [0.15, 0.2) is 0 Å². The molecule has 0 amide bonds. The lowest BCUT2D eigenvalue weighted by atomic mass is 9.94. The molecule has 0 heterocycles. The molecule has 0 aromatic heterocycles. The van der Waals surface area contributed by atoms with Crippen molar-refractivity contribution < 1.29 is 19.8 Å². The number of hydrogen-bond acceptors (Lipinski definition) is 2. The van der Waals surface area contributed by atoms with Crippen LogP contribution in [0.5, 0.6) is 0 Å². The van der Waals surface area contributed by atoms with Crippen molar-refractivity contribution in [2.75, 3.05) is 0 Å². The molecule has 0 aliphatic heterocycles. The topological polar surface area (TPSA) is 74.6 Å². The summed E-state index contributed by atoms with van der Waals surface area (Å²) in [5, 5.41) is 16.9. The van der Waals surface area contributed by atoms with Crippen molar-refractivity contribution in [3.63, 3.8) is 0 Å². The third-order valence-electron chi connectivity index (χ3n) is 6.66. The second-order valence-corrected chi connectivity index (χ2v) is 10.2. The second kappa shape index (κ2) is 30.0. The zero-order chi connectivity index (χ0) is 25.7. The fraction of sp³-hybridized carbons (Fsp3) is 0.933. The van der Waals surface area contributed by atoms with Crippen molar-refractivity contribution in [1.82, 2.24) is 0 Å². The Labute approximate surface area is 212 Å². The Morgan fingerprint density at radius 1 is 0.471 bits per heavy atom. The molecule has 204 valence electrons. The van der Waals surface area contributed by atoms with Crippen molar-refractivity contribution in [3.05, 3.63) is 0 Å². The minimum Gasteiger partial charge on any atom is -0.481 e. The molecule has 0 rings (SSSR count). The quantitative estimate of drug-likeness (QED) is 0.126. The molecule has 0 bridgehead atoms. The number of aliphatic carboxylic acids is 2. The Hall–Kier alpha value is -1.06. The molecule has 1 unspecified atom stereocenters. The van der Waals surface area contributed by atoms with Crippen LogP contribution in [0.25, 0.3) is 0 Å². The fourth-order valence-electron chi connectivity index (χ4n) is 4.50. The van der Waals surface area contributed by atoms with E-state index in [1.165, 1.54) is 128 Å². The number of carboxylic acids is 2. The molecule has 4 nitrogen and oxygen atoms in total. The molecule has 0 radical (unpaired) electrons. The third kappa shape index (κ3) is 33.1. The van der Waals surface area contributed by atoms with Crippen LogP contribution in [0.1, 0.15) is 175 Å². The van der Waals surface area contributed by atoms with Gasteiger partial charge >= 0.3 is 5.97 Å². The molecule has 0 aliphatic carbocycles. The third-order valence-corrected chi connectivity index (χ3v) is 6.66. The monoisotopic (exact) mass is 484 g/mol. The van der Waals surface area contributed by atoms with Gasteiger partial charge in [0.2, 0.25) is 0 Å². The van der Waals surface area contributed by atoms with Gasteiger partial charge < -0.3 is 10.2 Å². The van der Waals surface area contributed by atoms with Crippen molar-refractivity contribution >= 4 is 11.9 Å². The summed E-state index contributed by atoms with van der Waals surface area (Å²) in [6.45, 7) is 5.62. The zero-order valence-electron chi connectivity index (χ0n) is 23.3. The minimum absolute atomic E-state index is 0.0952. The summed E-state index contributed by atoms with van der Waals surface area (Å²) in [5.74, 6) is -1.49. The van der Waals surface area contributed by atoms with E-state index >= 15 is 0 Å². The van der Waals surface area contributed by atoms with Crippen molar-refractivity contribution in [3.8, 4) is 0 Å². The SMILES string of the molecule is CC(=O)O.CCCCCCCCCCCCCCC(CCCCCCCCCCCC)C(=O)O. The van der Waals surface area contributed by atoms with Gasteiger partial charge in [0.25, 0.3) is 5.97 Å². The standard InChI is InChI=1S/C28H56O2.C2H4O2/c1-3-5-7-9-11-13-15-16-18-20-22-24-26-27(28(29)30)25-23-21-19-17-14-12-10-8-6-4-2;1-2(3)4/h27H,3-26H2,1-2H3,(H,29,30);1H3,(H,3,4). The van der Waals surface area contributed by atoms with Crippen LogP contribution in [-0.4, -0.2) is 22.2 Å². The maximum atomic E-state index is 11.5. The van der Waals surface area contributed by atoms with Crippen molar-refractivity contribution in [2.24, 2.45) is 5.92 Å². The molecule has 0 saturated heterocycles. The minimum atomic E-state index is -0.833. The maximum Gasteiger partial charge on any atom is 0.306 e. The van der Waals surface area contributed by atoms with Gasteiger partial charge in [-0.05, 0) is 12.8 Å². The Kier molecular flexibility index (Phi) is 30.9. The van der Waals surface area contributed by atoms with Crippen LogP contribution in [0, 0.1) is 5.92 Å². The van der Waals surface area contributed by atoms with Gasteiger partial charge in [-0.25, -0.2) is 0 Å². The molecular weight excluding hydrogens is 424 g/mol. The summed E-state index contributed by atoms with van der Waals surface area (Å²) in [5.41, 5.74) is 0. The average Bonchev–Trinajstić information content (AvgIpc) is 2.79. The van der Waals surface area contributed by atoms with E-state index in [1.807, 2.05) is 0 Å². The van der Waals surface area contributed by atoms with E-state index in [0.717, 1.165) is 32.6 Å². The molecular formula is C30H60O4. The largest absolute Gasteiger partial charge is 0.481 e. The van der Waals surface area contributed by atoms with E-state index < -0.39 is 11.9 Å². The van der Waals surface area contributed by atoms with Crippen LogP contribution in [0.2, 0.25) is 0 Å². The van der Waals surface area contributed by atoms with Gasteiger partial charge in [-0.15, -0.1) is 0 Å². The summed E-state index contributed by atoms with van der Waals surface area (Å²) >= 11 is 0. The average molecular weight is 485 g/mol. The Bertz CT molecular complexity index is 418. The smallest absolute Gasteiger partial charge is 0.306 e. The van der Waals surface area contributed by atoms with E-state index in [-0.39, 0.29) is 5.92 Å². The predicted octanol–water partition coefficient (Wildman–Crippen LogP) is 10.2. The molecule has 34 heavy (non-hydrogen) atoms. The lowest BCUT2D eigenvalue weighted by Gasteiger charge is -2.12. The Balaban J connectivity index is 0. The van der Waals surface area contributed by atoms with E-state index in [0.29, 0.717) is 0 Å². The molecule has 0 spiro atoms. The van der Waals surface area contributed by atoms with E-state index in [2.05, 4.69) is 13.8 Å². The molecule has 0 aromatic carbocycles. The fourth-order valence-corrected chi connectivity index (χ4v) is 4.50. The van der Waals surface area contributed by atoms with E-state index in [4.69, 9.17) is 9.90 Å². The highest BCUT2D eigenvalue weighted by Gasteiger charge is 2.16. The van der Waals surface area contributed by atoms with Gasteiger partial charge in [0.1, 0.15) is 0 Å². The Morgan fingerprint density at radius 3 is 0.882 bits per heavy atom. The molecule has 0 saturated carbocycles. The summed E-state index contributed by atoms with van der Waals surface area (Å²) in [7, 11) is 0. The first-order valence-electron chi connectivity index (χ1n) is 14.9.